The van der Waals surface area contributed by atoms with Crippen molar-refractivity contribution in [1.29, 1.82) is 0 Å². The summed E-state index contributed by atoms with van der Waals surface area (Å²) < 4.78 is 17.8. The van der Waals surface area contributed by atoms with E-state index >= 15 is 0 Å². The summed E-state index contributed by atoms with van der Waals surface area (Å²) in [5.41, 5.74) is 1.80. The van der Waals surface area contributed by atoms with E-state index in [9.17, 15) is 9.59 Å². The molecule has 3 N–H and O–H groups in total. The van der Waals surface area contributed by atoms with Crippen LogP contribution in [0.4, 0.5) is 16.2 Å². The number of rotatable bonds is 11. The number of benzene rings is 3. The minimum Gasteiger partial charge on any atom is -0.493 e. The van der Waals surface area contributed by atoms with Gasteiger partial charge in [0.25, 0.3) is 5.91 Å². The number of nitrogens with one attached hydrogen (secondary N) is 3. The molecule has 2 aliphatic heterocycles. The SMILES string of the molecule is CCC(CC)NC(=O)Nc1ccc(Oc2ccc(NC(=O)c3ccc(OC4CC5CCC4CN5C)cc3)cc2)c(OC)c1. The lowest BCUT2D eigenvalue weighted by Crippen LogP contribution is -2.53. The molecule has 3 aliphatic rings. The highest BCUT2D eigenvalue weighted by molar-refractivity contribution is 6.04. The number of fused-ring (bicyclic) bond motifs is 3. The molecule has 3 atom stereocenters. The highest BCUT2D eigenvalue weighted by Crippen LogP contribution is 2.37. The highest BCUT2D eigenvalue weighted by atomic mass is 16.5. The molecule has 3 fully saturated rings. The van der Waals surface area contributed by atoms with E-state index < -0.39 is 0 Å². The maximum absolute atomic E-state index is 12.9. The van der Waals surface area contributed by atoms with Crippen LogP contribution in [0.1, 0.15) is 56.3 Å². The molecule has 43 heavy (non-hydrogen) atoms. The summed E-state index contributed by atoms with van der Waals surface area (Å²) in [6, 6.07) is 20.2. The van der Waals surface area contributed by atoms with Crippen LogP contribution < -0.4 is 30.2 Å². The largest absolute Gasteiger partial charge is 0.493 e. The molecule has 3 aromatic carbocycles. The number of amides is 3. The van der Waals surface area contributed by atoms with Gasteiger partial charge in [-0.05, 0) is 93.4 Å². The van der Waals surface area contributed by atoms with Crippen molar-refractivity contribution < 1.29 is 23.8 Å². The molecule has 2 saturated heterocycles. The molecule has 1 aliphatic carbocycles. The number of urea groups is 1. The number of carbonyl (C=O) groups is 2. The Morgan fingerprint density at radius 3 is 2.21 bits per heavy atom. The summed E-state index contributed by atoms with van der Waals surface area (Å²) in [7, 11) is 3.75. The molecule has 9 heteroatoms. The molecular weight excluding hydrogens is 544 g/mol. The molecule has 3 aromatic rings. The number of ether oxygens (including phenoxy) is 3. The van der Waals surface area contributed by atoms with Crippen molar-refractivity contribution in [2.75, 3.05) is 31.3 Å². The molecule has 1 saturated carbocycles. The van der Waals surface area contributed by atoms with Gasteiger partial charge in [0.15, 0.2) is 11.5 Å². The normalized spacial score (nSPS) is 19.5. The fraction of sp³-hybridized carbons (Fsp3) is 0.412. The first-order valence-corrected chi connectivity index (χ1v) is 15.2. The molecule has 6 rings (SSSR count). The Morgan fingerprint density at radius 2 is 1.58 bits per heavy atom. The lowest BCUT2D eigenvalue weighted by molar-refractivity contribution is -0.0246. The second-order valence-corrected chi connectivity index (χ2v) is 11.4. The summed E-state index contributed by atoms with van der Waals surface area (Å²) in [4.78, 5) is 27.6. The summed E-state index contributed by atoms with van der Waals surface area (Å²) in [6.07, 6.45) is 5.52. The third kappa shape index (κ3) is 7.59. The number of methoxy groups -OCH3 is 1. The molecule has 9 nitrogen and oxygen atoms in total. The average molecular weight is 587 g/mol. The van der Waals surface area contributed by atoms with Gasteiger partial charge in [-0.2, -0.15) is 0 Å². The Labute approximate surface area is 253 Å². The van der Waals surface area contributed by atoms with Gasteiger partial charge < -0.3 is 35.1 Å². The summed E-state index contributed by atoms with van der Waals surface area (Å²) in [5.74, 6) is 2.74. The van der Waals surface area contributed by atoms with Crippen LogP contribution in [-0.2, 0) is 0 Å². The molecule has 3 amide bonds. The first-order chi connectivity index (χ1) is 20.8. The molecule has 2 bridgehead atoms. The van der Waals surface area contributed by atoms with Gasteiger partial charge in [-0.25, -0.2) is 4.79 Å². The van der Waals surface area contributed by atoms with Gasteiger partial charge in [0.05, 0.1) is 7.11 Å². The Kier molecular flexibility index (Phi) is 9.72. The van der Waals surface area contributed by atoms with Crippen molar-refractivity contribution in [3.63, 3.8) is 0 Å². The number of hydrogen-bond acceptors (Lipinski definition) is 6. The van der Waals surface area contributed by atoms with Gasteiger partial charge in [0, 0.05) is 54.0 Å². The molecule has 3 unspecified atom stereocenters. The predicted octanol–water partition coefficient (Wildman–Crippen LogP) is 6.91. The van der Waals surface area contributed by atoms with E-state index in [1.54, 1.807) is 61.7 Å². The Bertz CT molecular complexity index is 1390. The quantitative estimate of drug-likeness (QED) is 0.226. The lowest BCUT2D eigenvalue weighted by atomic mass is 9.78. The second kappa shape index (κ2) is 13.8. The number of anilines is 2. The zero-order valence-electron chi connectivity index (χ0n) is 25.4. The van der Waals surface area contributed by atoms with Gasteiger partial charge in [-0.1, -0.05) is 13.8 Å². The van der Waals surface area contributed by atoms with Crippen LogP contribution in [0.2, 0.25) is 0 Å². The maximum atomic E-state index is 12.9. The van der Waals surface area contributed by atoms with Gasteiger partial charge in [-0.3, -0.25) is 4.79 Å². The van der Waals surface area contributed by atoms with Crippen LogP contribution in [0, 0.1) is 5.92 Å². The minimum absolute atomic E-state index is 0.126. The van der Waals surface area contributed by atoms with Crippen LogP contribution in [0.25, 0.3) is 0 Å². The predicted molar refractivity (Wildman–Crippen MR) is 169 cm³/mol. The Hall–Kier alpha value is -4.24. The van der Waals surface area contributed by atoms with E-state index in [0.29, 0.717) is 46.1 Å². The monoisotopic (exact) mass is 586 g/mol. The van der Waals surface area contributed by atoms with Gasteiger partial charge in [0.1, 0.15) is 17.6 Å². The van der Waals surface area contributed by atoms with Gasteiger partial charge in [0.2, 0.25) is 0 Å². The van der Waals surface area contributed by atoms with Crippen molar-refractivity contribution in [3.05, 3.63) is 72.3 Å². The third-order valence-electron chi connectivity index (χ3n) is 8.53. The summed E-state index contributed by atoms with van der Waals surface area (Å²) in [6.45, 7) is 5.17. The first kappa shape index (κ1) is 30.2. The molecule has 0 radical (unpaired) electrons. The maximum Gasteiger partial charge on any atom is 0.319 e. The topological polar surface area (TPSA) is 101 Å². The second-order valence-electron chi connectivity index (χ2n) is 11.4. The van der Waals surface area contributed by atoms with Crippen molar-refractivity contribution in [3.8, 4) is 23.0 Å². The standard InChI is InChI=1S/C34H42N4O5/c1-5-24(6-2)36-34(40)37-26-12-18-30(32(19-26)41-4)42-29-16-10-25(11-17-29)35-33(39)22-8-14-28(15-9-22)43-31-20-27-13-7-23(31)21-38(27)3/h8-12,14-19,23-24,27,31H,5-7,13,20-21H2,1-4H3,(H,35,39)(H2,36,37,40). The molecule has 228 valence electrons. The van der Waals surface area contributed by atoms with Crippen molar-refractivity contribution in [2.45, 2.75) is 64.1 Å². The fourth-order valence-corrected chi connectivity index (χ4v) is 5.91. The van der Waals surface area contributed by atoms with Crippen LogP contribution in [0.5, 0.6) is 23.0 Å². The van der Waals surface area contributed by atoms with E-state index in [2.05, 4.69) is 27.9 Å². The van der Waals surface area contributed by atoms with E-state index in [0.717, 1.165) is 31.6 Å². The minimum atomic E-state index is -0.259. The number of carbonyl (C=O) groups excluding carboxylic acids is 2. The number of piperidine rings is 2. The van der Waals surface area contributed by atoms with E-state index in [4.69, 9.17) is 14.2 Å². The summed E-state index contributed by atoms with van der Waals surface area (Å²) in [5, 5.41) is 8.73. The Balaban J connectivity index is 1.13. The number of hydrogen-bond donors (Lipinski definition) is 3. The van der Waals surface area contributed by atoms with Crippen LogP contribution in [-0.4, -0.2) is 55.7 Å². The fourth-order valence-electron chi connectivity index (χ4n) is 5.91. The first-order valence-electron chi connectivity index (χ1n) is 15.2. The molecule has 0 spiro atoms. The highest BCUT2D eigenvalue weighted by Gasteiger charge is 2.40. The number of nitrogens with zero attached hydrogens (tertiary/aromatic N) is 1. The Morgan fingerprint density at radius 1 is 0.884 bits per heavy atom. The van der Waals surface area contributed by atoms with E-state index in [-0.39, 0.29) is 24.1 Å². The molecular formula is C34H42N4O5. The smallest absolute Gasteiger partial charge is 0.319 e. The zero-order chi connectivity index (χ0) is 30.3. The third-order valence-corrected chi connectivity index (χ3v) is 8.53. The molecule has 0 aromatic heterocycles. The van der Waals surface area contributed by atoms with Gasteiger partial charge >= 0.3 is 6.03 Å². The van der Waals surface area contributed by atoms with E-state index in [1.807, 2.05) is 26.0 Å². The van der Waals surface area contributed by atoms with Crippen LogP contribution >= 0.6 is 0 Å². The van der Waals surface area contributed by atoms with Crippen molar-refractivity contribution >= 4 is 23.3 Å². The van der Waals surface area contributed by atoms with Crippen molar-refractivity contribution in [1.82, 2.24) is 10.2 Å². The van der Waals surface area contributed by atoms with Crippen molar-refractivity contribution in [2.24, 2.45) is 5.92 Å². The van der Waals surface area contributed by atoms with Crippen LogP contribution in [0.3, 0.4) is 0 Å². The lowest BCUT2D eigenvalue weighted by Gasteiger charge is -2.47. The van der Waals surface area contributed by atoms with Crippen LogP contribution in [0.15, 0.2) is 66.7 Å². The van der Waals surface area contributed by atoms with Gasteiger partial charge in [-0.15, -0.1) is 0 Å². The summed E-state index contributed by atoms with van der Waals surface area (Å²) >= 11 is 0. The average Bonchev–Trinajstić information content (AvgIpc) is 3.02. The molecule has 2 heterocycles. The van der Waals surface area contributed by atoms with E-state index in [1.165, 1.54) is 12.8 Å². The zero-order valence-corrected chi connectivity index (χ0v) is 25.4.